The van der Waals surface area contributed by atoms with E-state index in [4.69, 9.17) is 9.47 Å². The van der Waals surface area contributed by atoms with Crippen LogP contribution in [0.4, 0.5) is 0 Å². The van der Waals surface area contributed by atoms with Crippen molar-refractivity contribution in [1.29, 1.82) is 0 Å². The van der Waals surface area contributed by atoms with E-state index < -0.39 is 0 Å². The summed E-state index contributed by atoms with van der Waals surface area (Å²) < 4.78 is 11.5. The first kappa shape index (κ1) is 24.1. The topological polar surface area (TPSA) is 47.6 Å². The van der Waals surface area contributed by atoms with Crippen molar-refractivity contribution in [3.8, 4) is 5.75 Å². The number of para-hydroxylation sites is 1. The van der Waals surface area contributed by atoms with Crippen LogP contribution in [0.15, 0.2) is 84.9 Å². The lowest BCUT2D eigenvalue weighted by atomic mass is 9.82. The standard InChI is InChI=1S/C32H33NO3/c1-4-22-16-17-24(18-30(22)32(34)35-3)29-19-25(36-31-15-8-7-13-28(29)31)20-33-21(2)26-14-9-11-23-10-5-6-12-27(23)26/h5-18,21,25,29,33H,4,19-20H2,1-3H3/t21-,25-,29+/m1/s1. The lowest BCUT2D eigenvalue weighted by Crippen LogP contribution is -2.37. The molecule has 0 saturated heterocycles. The van der Waals surface area contributed by atoms with E-state index in [9.17, 15) is 4.79 Å². The third kappa shape index (κ3) is 4.74. The SMILES string of the molecule is CCc1ccc([C@@H]2C[C@H](CN[C@H](C)c3cccc4ccccc34)Oc3ccccc32)cc1C(=O)OC. The predicted molar refractivity (Wildman–Crippen MR) is 145 cm³/mol. The number of aryl methyl sites for hydroxylation is 1. The molecule has 1 aliphatic rings. The number of nitrogens with one attached hydrogen (secondary N) is 1. The lowest BCUT2D eigenvalue weighted by molar-refractivity contribution is 0.0599. The number of esters is 1. The molecule has 1 heterocycles. The molecule has 4 aromatic rings. The Morgan fingerprint density at radius 2 is 1.81 bits per heavy atom. The van der Waals surface area contributed by atoms with Crippen LogP contribution in [0.25, 0.3) is 10.8 Å². The second-order valence-corrected chi connectivity index (χ2v) is 9.53. The van der Waals surface area contributed by atoms with Gasteiger partial charge in [-0.25, -0.2) is 4.79 Å². The Kier molecular flexibility index (Phi) is 7.06. The van der Waals surface area contributed by atoms with Gasteiger partial charge in [-0.05, 0) is 59.4 Å². The van der Waals surface area contributed by atoms with E-state index in [0.717, 1.165) is 41.8 Å². The van der Waals surface area contributed by atoms with Crippen LogP contribution >= 0.6 is 0 Å². The minimum Gasteiger partial charge on any atom is -0.489 e. The molecule has 0 bridgehead atoms. The number of fused-ring (bicyclic) bond motifs is 2. The zero-order valence-corrected chi connectivity index (χ0v) is 21.2. The lowest BCUT2D eigenvalue weighted by Gasteiger charge is -2.33. The minimum absolute atomic E-state index is 0.00903. The van der Waals surface area contributed by atoms with E-state index in [-0.39, 0.29) is 24.0 Å². The van der Waals surface area contributed by atoms with Gasteiger partial charge in [-0.2, -0.15) is 0 Å². The summed E-state index contributed by atoms with van der Waals surface area (Å²) in [5.74, 6) is 0.776. The smallest absolute Gasteiger partial charge is 0.338 e. The fourth-order valence-electron chi connectivity index (χ4n) is 5.40. The van der Waals surface area contributed by atoms with E-state index in [1.54, 1.807) is 0 Å². The van der Waals surface area contributed by atoms with E-state index in [1.807, 2.05) is 18.2 Å². The molecule has 184 valence electrons. The van der Waals surface area contributed by atoms with Gasteiger partial charge in [-0.15, -0.1) is 0 Å². The quantitative estimate of drug-likeness (QED) is 0.295. The van der Waals surface area contributed by atoms with Crippen molar-refractivity contribution < 1.29 is 14.3 Å². The van der Waals surface area contributed by atoms with Crippen LogP contribution in [0.5, 0.6) is 5.75 Å². The first-order valence-corrected chi connectivity index (χ1v) is 12.8. The van der Waals surface area contributed by atoms with Gasteiger partial charge in [0.2, 0.25) is 0 Å². The van der Waals surface area contributed by atoms with Crippen molar-refractivity contribution in [3.05, 3.63) is 113 Å². The van der Waals surface area contributed by atoms with Crippen LogP contribution < -0.4 is 10.1 Å². The molecule has 0 spiro atoms. The van der Waals surface area contributed by atoms with Crippen molar-refractivity contribution in [2.75, 3.05) is 13.7 Å². The zero-order chi connectivity index (χ0) is 25.1. The number of methoxy groups -OCH3 is 1. The zero-order valence-electron chi connectivity index (χ0n) is 21.2. The highest BCUT2D eigenvalue weighted by Gasteiger charge is 2.30. The molecule has 4 heteroatoms. The largest absolute Gasteiger partial charge is 0.489 e. The van der Waals surface area contributed by atoms with Crippen molar-refractivity contribution >= 4 is 16.7 Å². The van der Waals surface area contributed by atoms with Gasteiger partial charge in [0.1, 0.15) is 11.9 Å². The Morgan fingerprint density at radius 3 is 2.64 bits per heavy atom. The minimum atomic E-state index is -0.281. The molecule has 0 aliphatic carbocycles. The number of carbonyl (C=O) groups excluding carboxylic acids is 1. The molecule has 36 heavy (non-hydrogen) atoms. The highest BCUT2D eigenvalue weighted by Crippen LogP contribution is 2.41. The molecule has 0 saturated carbocycles. The molecule has 4 aromatic carbocycles. The summed E-state index contributed by atoms with van der Waals surface area (Å²) in [5, 5.41) is 6.25. The molecule has 1 N–H and O–H groups in total. The van der Waals surface area contributed by atoms with E-state index >= 15 is 0 Å². The first-order chi connectivity index (χ1) is 17.6. The molecule has 0 fully saturated rings. The third-order valence-corrected chi connectivity index (χ3v) is 7.35. The maximum absolute atomic E-state index is 12.5. The van der Waals surface area contributed by atoms with Crippen molar-refractivity contribution in [2.24, 2.45) is 0 Å². The normalized spacial score (nSPS) is 17.8. The van der Waals surface area contributed by atoms with Crippen LogP contribution in [0.3, 0.4) is 0 Å². The number of benzene rings is 4. The Hall–Kier alpha value is -3.63. The molecule has 4 nitrogen and oxygen atoms in total. The number of ether oxygens (including phenoxy) is 2. The number of carbonyl (C=O) groups is 1. The second-order valence-electron chi connectivity index (χ2n) is 9.53. The summed E-state index contributed by atoms with van der Waals surface area (Å²) in [5.41, 5.74) is 5.24. The Morgan fingerprint density at radius 1 is 1.03 bits per heavy atom. The van der Waals surface area contributed by atoms with Crippen LogP contribution in [-0.4, -0.2) is 25.7 Å². The average Bonchev–Trinajstić information content (AvgIpc) is 2.94. The molecule has 0 unspecified atom stereocenters. The molecule has 5 rings (SSSR count). The predicted octanol–water partition coefficient (Wildman–Crippen LogP) is 6.82. The summed E-state index contributed by atoms with van der Waals surface area (Å²) in [6.07, 6.45) is 1.63. The van der Waals surface area contributed by atoms with Gasteiger partial charge in [0.05, 0.1) is 12.7 Å². The maximum atomic E-state index is 12.5. The highest BCUT2D eigenvalue weighted by atomic mass is 16.5. The van der Waals surface area contributed by atoms with Gasteiger partial charge in [0.15, 0.2) is 0 Å². The number of hydrogen-bond donors (Lipinski definition) is 1. The van der Waals surface area contributed by atoms with Gasteiger partial charge in [-0.1, -0.05) is 79.7 Å². The number of rotatable bonds is 7. The Balaban J connectivity index is 1.39. The van der Waals surface area contributed by atoms with Gasteiger partial charge >= 0.3 is 5.97 Å². The van der Waals surface area contributed by atoms with E-state index in [2.05, 4.69) is 85.9 Å². The maximum Gasteiger partial charge on any atom is 0.338 e. The monoisotopic (exact) mass is 479 g/mol. The fourth-order valence-corrected chi connectivity index (χ4v) is 5.40. The Bertz CT molecular complexity index is 1370. The van der Waals surface area contributed by atoms with Crippen LogP contribution in [0, 0.1) is 0 Å². The van der Waals surface area contributed by atoms with Crippen LogP contribution in [-0.2, 0) is 11.2 Å². The number of hydrogen-bond acceptors (Lipinski definition) is 4. The molecule has 3 atom stereocenters. The van der Waals surface area contributed by atoms with Crippen LogP contribution in [0.2, 0.25) is 0 Å². The van der Waals surface area contributed by atoms with Gasteiger partial charge in [0.25, 0.3) is 0 Å². The Labute approximate surface area is 213 Å². The van der Waals surface area contributed by atoms with Crippen LogP contribution in [0.1, 0.15) is 64.8 Å². The van der Waals surface area contributed by atoms with Crippen molar-refractivity contribution in [3.63, 3.8) is 0 Å². The van der Waals surface area contributed by atoms with E-state index in [1.165, 1.54) is 23.4 Å². The van der Waals surface area contributed by atoms with Gasteiger partial charge < -0.3 is 14.8 Å². The summed E-state index contributed by atoms with van der Waals surface area (Å²) in [6, 6.07) is 29.7. The summed E-state index contributed by atoms with van der Waals surface area (Å²) in [4.78, 5) is 12.5. The molecule has 0 radical (unpaired) electrons. The third-order valence-electron chi connectivity index (χ3n) is 7.35. The van der Waals surface area contributed by atoms with Crippen molar-refractivity contribution in [2.45, 2.75) is 44.8 Å². The van der Waals surface area contributed by atoms with E-state index in [0.29, 0.717) is 5.56 Å². The molecule has 0 amide bonds. The second kappa shape index (κ2) is 10.5. The first-order valence-electron chi connectivity index (χ1n) is 12.8. The summed E-state index contributed by atoms with van der Waals surface area (Å²) in [6.45, 7) is 5.00. The molecular weight excluding hydrogens is 446 g/mol. The van der Waals surface area contributed by atoms with Crippen molar-refractivity contribution in [1.82, 2.24) is 5.32 Å². The molecule has 0 aromatic heterocycles. The molecular formula is C32H33NO3. The van der Waals surface area contributed by atoms with Gasteiger partial charge in [-0.3, -0.25) is 0 Å². The van der Waals surface area contributed by atoms with Gasteiger partial charge in [0, 0.05) is 24.1 Å². The average molecular weight is 480 g/mol. The molecule has 1 aliphatic heterocycles. The highest BCUT2D eigenvalue weighted by molar-refractivity contribution is 5.91. The summed E-state index contributed by atoms with van der Waals surface area (Å²) >= 11 is 0. The fraction of sp³-hybridized carbons (Fsp3) is 0.281. The summed E-state index contributed by atoms with van der Waals surface area (Å²) in [7, 11) is 1.44.